The maximum absolute atomic E-state index is 13.0. The van der Waals surface area contributed by atoms with Gasteiger partial charge in [0.05, 0.1) is 6.04 Å². The summed E-state index contributed by atoms with van der Waals surface area (Å²) in [6.07, 6.45) is 1.06. The van der Waals surface area contributed by atoms with Gasteiger partial charge in [-0.2, -0.15) is 0 Å². The van der Waals surface area contributed by atoms with Crippen molar-refractivity contribution < 1.29 is 19.1 Å². The van der Waals surface area contributed by atoms with Crippen molar-refractivity contribution in [2.75, 3.05) is 6.61 Å². The van der Waals surface area contributed by atoms with Gasteiger partial charge in [0.15, 0.2) is 0 Å². The van der Waals surface area contributed by atoms with Crippen LogP contribution in [0.15, 0.2) is 49.1 Å². The molecule has 1 unspecified atom stereocenters. The van der Waals surface area contributed by atoms with Gasteiger partial charge in [-0.3, -0.25) is 14.5 Å². The highest BCUT2D eigenvalue weighted by atomic mass is 16.5. The topological polar surface area (TPSA) is 63.7 Å². The van der Waals surface area contributed by atoms with Gasteiger partial charge in [0.2, 0.25) is 0 Å². The molecule has 128 valence electrons. The minimum atomic E-state index is -0.579. The molecule has 0 saturated carbocycles. The number of hydrogen-bond donors (Lipinski definition) is 0. The molecule has 3 rings (SSSR count). The summed E-state index contributed by atoms with van der Waals surface area (Å²) in [6, 6.07) is 10.3. The molecule has 5 heteroatoms. The number of esters is 1. The van der Waals surface area contributed by atoms with E-state index < -0.39 is 12.0 Å². The molecule has 0 N–H and O–H groups in total. The SMILES string of the molecule is C=CC(=O)OCC(C(C)C)N1C(=O)c2cccc3cccc(c23)C1=O. The second-order valence-electron chi connectivity index (χ2n) is 6.34. The van der Waals surface area contributed by atoms with Gasteiger partial charge < -0.3 is 4.74 Å². The Morgan fingerprint density at radius 2 is 1.68 bits per heavy atom. The number of amides is 2. The molecule has 25 heavy (non-hydrogen) atoms. The largest absolute Gasteiger partial charge is 0.460 e. The number of benzene rings is 2. The summed E-state index contributed by atoms with van der Waals surface area (Å²) in [5.41, 5.74) is 0.988. The Balaban J connectivity index is 2.05. The minimum absolute atomic E-state index is 0.0574. The average Bonchev–Trinajstić information content (AvgIpc) is 2.61. The zero-order valence-electron chi connectivity index (χ0n) is 14.2. The Morgan fingerprint density at radius 1 is 1.12 bits per heavy atom. The molecule has 1 atom stereocenters. The van der Waals surface area contributed by atoms with E-state index >= 15 is 0 Å². The van der Waals surface area contributed by atoms with Crippen LogP contribution in [0.5, 0.6) is 0 Å². The fraction of sp³-hybridized carbons (Fsp3) is 0.250. The maximum atomic E-state index is 13.0. The Morgan fingerprint density at radius 3 is 2.16 bits per heavy atom. The van der Waals surface area contributed by atoms with Gasteiger partial charge in [0.25, 0.3) is 11.8 Å². The van der Waals surface area contributed by atoms with Gasteiger partial charge in [-0.05, 0) is 23.4 Å². The quantitative estimate of drug-likeness (QED) is 0.477. The molecular weight excluding hydrogens is 318 g/mol. The second-order valence-corrected chi connectivity index (χ2v) is 6.34. The highest BCUT2D eigenvalue weighted by Gasteiger charge is 2.39. The number of rotatable bonds is 5. The predicted molar refractivity (Wildman–Crippen MR) is 94.2 cm³/mol. The third-order valence-corrected chi connectivity index (χ3v) is 4.47. The lowest BCUT2D eigenvalue weighted by Crippen LogP contribution is -2.51. The van der Waals surface area contributed by atoms with Crippen molar-refractivity contribution >= 4 is 28.6 Å². The number of carbonyl (C=O) groups is 3. The molecular formula is C20H19NO4. The number of ether oxygens (including phenoxy) is 1. The summed E-state index contributed by atoms with van der Waals surface area (Å²) in [4.78, 5) is 38.7. The maximum Gasteiger partial charge on any atom is 0.330 e. The molecule has 0 saturated heterocycles. The molecule has 0 aromatic heterocycles. The molecule has 0 fully saturated rings. The molecule has 2 amide bonds. The van der Waals surface area contributed by atoms with E-state index in [2.05, 4.69) is 6.58 Å². The van der Waals surface area contributed by atoms with E-state index in [-0.39, 0.29) is 24.3 Å². The molecule has 2 aromatic carbocycles. The van der Waals surface area contributed by atoms with Crippen LogP contribution in [0, 0.1) is 5.92 Å². The Bertz CT molecular complexity index is 834. The van der Waals surface area contributed by atoms with E-state index in [0.717, 1.165) is 11.5 Å². The van der Waals surface area contributed by atoms with Crippen molar-refractivity contribution in [2.45, 2.75) is 19.9 Å². The van der Waals surface area contributed by atoms with E-state index in [0.29, 0.717) is 16.5 Å². The van der Waals surface area contributed by atoms with Crippen LogP contribution in [0.2, 0.25) is 0 Å². The molecule has 1 aliphatic heterocycles. The summed E-state index contributed by atoms with van der Waals surface area (Å²) < 4.78 is 5.12. The molecule has 5 nitrogen and oxygen atoms in total. The van der Waals surface area contributed by atoms with Crippen LogP contribution in [0.4, 0.5) is 0 Å². The summed E-state index contributed by atoms with van der Waals surface area (Å²) in [5, 5.41) is 1.54. The summed E-state index contributed by atoms with van der Waals surface area (Å²) >= 11 is 0. The lowest BCUT2D eigenvalue weighted by Gasteiger charge is -2.35. The summed E-state index contributed by atoms with van der Waals surface area (Å²) in [5.74, 6) is -1.37. The molecule has 0 radical (unpaired) electrons. The Kier molecular flexibility index (Phi) is 4.40. The van der Waals surface area contributed by atoms with Crippen LogP contribution in [0.1, 0.15) is 34.6 Å². The van der Waals surface area contributed by atoms with Crippen molar-refractivity contribution in [3.63, 3.8) is 0 Å². The standard InChI is InChI=1S/C20H19NO4/c1-4-17(22)25-11-16(12(2)3)21-19(23)14-9-5-7-13-8-6-10-15(18(13)14)20(21)24/h4-10,12,16H,1,11H2,2-3H3. The molecule has 0 spiro atoms. The first-order chi connectivity index (χ1) is 12.0. The number of carbonyl (C=O) groups excluding carboxylic acids is 3. The first kappa shape index (κ1) is 16.9. The van der Waals surface area contributed by atoms with Gasteiger partial charge in [-0.25, -0.2) is 4.79 Å². The monoisotopic (exact) mass is 337 g/mol. The fourth-order valence-corrected chi connectivity index (χ4v) is 3.14. The van der Waals surface area contributed by atoms with Gasteiger partial charge in [-0.1, -0.05) is 44.7 Å². The second kappa shape index (κ2) is 6.51. The van der Waals surface area contributed by atoms with Crippen LogP contribution in [0.3, 0.4) is 0 Å². The highest BCUT2D eigenvalue weighted by molar-refractivity contribution is 6.25. The predicted octanol–water partition coefficient (Wildman–Crippen LogP) is 3.19. The van der Waals surface area contributed by atoms with Crippen LogP contribution in [-0.2, 0) is 9.53 Å². The lowest BCUT2D eigenvalue weighted by atomic mass is 9.91. The van der Waals surface area contributed by atoms with Gasteiger partial charge in [0.1, 0.15) is 6.61 Å². The van der Waals surface area contributed by atoms with E-state index in [1.807, 2.05) is 26.0 Å². The molecule has 1 aliphatic rings. The van der Waals surface area contributed by atoms with Crippen molar-refractivity contribution in [3.8, 4) is 0 Å². The third-order valence-electron chi connectivity index (χ3n) is 4.47. The number of hydrogen-bond acceptors (Lipinski definition) is 4. The Labute approximate surface area is 145 Å². The minimum Gasteiger partial charge on any atom is -0.460 e. The molecule has 2 aromatic rings. The van der Waals surface area contributed by atoms with Crippen molar-refractivity contribution in [1.29, 1.82) is 0 Å². The van der Waals surface area contributed by atoms with Gasteiger partial charge in [-0.15, -0.1) is 0 Å². The third kappa shape index (κ3) is 2.82. The van der Waals surface area contributed by atoms with Crippen molar-refractivity contribution in [2.24, 2.45) is 5.92 Å². The molecule has 0 bridgehead atoms. The number of nitrogens with zero attached hydrogens (tertiary/aromatic N) is 1. The van der Waals surface area contributed by atoms with Crippen molar-refractivity contribution in [3.05, 3.63) is 60.2 Å². The van der Waals surface area contributed by atoms with E-state index in [9.17, 15) is 14.4 Å². The smallest absolute Gasteiger partial charge is 0.330 e. The van der Waals surface area contributed by atoms with Gasteiger partial charge >= 0.3 is 5.97 Å². The van der Waals surface area contributed by atoms with E-state index in [4.69, 9.17) is 4.74 Å². The fourth-order valence-electron chi connectivity index (χ4n) is 3.14. The zero-order chi connectivity index (χ0) is 18.1. The van der Waals surface area contributed by atoms with Gasteiger partial charge in [0, 0.05) is 22.6 Å². The lowest BCUT2D eigenvalue weighted by molar-refractivity contribution is -0.139. The van der Waals surface area contributed by atoms with E-state index in [1.54, 1.807) is 24.3 Å². The zero-order valence-corrected chi connectivity index (χ0v) is 14.2. The highest BCUT2D eigenvalue weighted by Crippen LogP contribution is 2.32. The van der Waals surface area contributed by atoms with E-state index in [1.165, 1.54) is 4.90 Å². The average molecular weight is 337 g/mol. The summed E-state index contributed by atoms with van der Waals surface area (Å²) in [7, 11) is 0. The number of imide groups is 1. The van der Waals surface area contributed by atoms with Crippen LogP contribution in [-0.4, -0.2) is 35.3 Å². The first-order valence-corrected chi connectivity index (χ1v) is 8.14. The molecule has 1 heterocycles. The normalized spacial score (nSPS) is 14.8. The summed E-state index contributed by atoms with van der Waals surface area (Å²) in [6.45, 7) is 7.07. The van der Waals surface area contributed by atoms with Crippen LogP contribution in [0.25, 0.3) is 10.8 Å². The van der Waals surface area contributed by atoms with Crippen LogP contribution < -0.4 is 0 Å². The first-order valence-electron chi connectivity index (χ1n) is 8.14. The Hall–Kier alpha value is -2.95. The van der Waals surface area contributed by atoms with Crippen LogP contribution >= 0.6 is 0 Å². The van der Waals surface area contributed by atoms with Crippen molar-refractivity contribution in [1.82, 2.24) is 4.90 Å². The molecule has 0 aliphatic carbocycles.